The second kappa shape index (κ2) is 23.6. The number of hydrogen-bond donors (Lipinski definition) is 0. The molecule has 0 bridgehead atoms. The summed E-state index contributed by atoms with van der Waals surface area (Å²) in [5, 5.41) is 11.4. The van der Waals surface area contributed by atoms with Crippen molar-refractivity contribution >= 4 is 64.9 Å². The summed E-state index contributed by atoms with van der Waals surface area (Å²) in [5.41, 5.74) is 18.2. The van der Waals surface area contributed by atoms with Crippen LogP contribution in [0.15, 0.2) is 328 Å². The summed E-state index contributed by atoms with van der Waals surface area (Å²) < 4.78 is 0. The fourth-order valence-corrected chi connectivity index (χ4v) is 13.6. The Morgan fingerprint density at radius 2 is 0.469 bits per heavy atom. The van der Waals surface area contributed by atoms with E-state index < -0.39 is 0 Å². The second-order valence-corrected chi connectivity index (χ2v) is 24.2. The van der Waals surface area contributed by atoms with Crippen LogP contribution in [0.4, 0.5) is 0 Å². The van der Waals surface area contributed by atoms with Crippen molar-refractivity contribution in [2.75, 3.05) is 0 Å². The first kappa shape index (κ1) is 55.8. The average Bonchev–Trinajstić information content (AvgIpc) is 0.801. The standard InChI is InChI=1S/C88H54N8/c1-3-16-67-53-69(48-30-55(67)13-1)87-94-86(95-88(96-87)70-49-31-56-14-2-4-17-68(56)54-70)66-46-38-61(39-47-66)75-25-10-29-80-79(50-52-90-82(75)80)78-28-11-26-76-73(23-9-27-77(76)78)59-34-42-64(43-35-59)84-91-83(63-40-32-58(33-41-63)72-22-7-18-57-15-5-6-21-71(57)72)92-85(93-84)65-44-36-60(37-45-65)74-24-8-19-62-20-12-51-89-81(62)74/h1-54H. The van der Waals surface area contributed by atoms with Gasteiger partial charge in [0, 0.05) is 67.7 Å². The highest BCUT2D eigenvalue weighted by Gasteiger charge is 2.19. The first-order valence-corrected chi connectivity index (χ1v) is 32.2. The predicted octanol–water partition coefficient (Wildman–Crippen LogP) is 22.1. The third-order valence-corrected chi connectivity index (χ3v) is 18.5. The van der Waals surface area contributed by atoms with Gasteiger partial charge in [-0.2, -0.15) is 0 Å². The maximum atomic E-state index is 5.21. The number of rotatable bonds is 11. The lowest BCUT2D eigenvalue weighted by molar-refractivity contribution is 1.07. The Bertz CT molecular complexity index is 5820. The van der Waals surface area contributed by atoms with Crippen molar-refractivity contribution in [2.24, 2.45) is 0 Å². The summed E-state index contributed by atoms with van der Waals surface area (Å²) in [6, 6.07) is 111. The third-order valence-electron chi connectivity index (χ3n) is 18.5. The number of para-hydroxylation sites is 2. The predicted molar refractivity (Wildman–Crippen MR) is 394 cm³/mol. The fraction of sp³-hybridized carbons (Fsp3) is 0. The van der Waals surface area contributed by atoms with E-state index in [4.69, 9.17) is 39.9 Å². The Morgan fingerprint density at radius 3 is 0.990 bits per heavy atom. The minimum atomic E-state index is 0.586. The number of aromatic nitrogens is 8. The minimum absolute atomic E-state index is 0.586. The molecule has 0 N–H and O–H groups in total. The molecule has 0 radical (unpaired) electrons. The van der Waals surface area contributed by atoms with Crippen molar-refractivity contribution in [2.45, 2.75) is 0 Å². The van der Waals surface area contributed by atoms with Crippen molar-refractivity contribution in [3.63, 3.8) is 0 Å². The highest BCUT2D eigenvalue weighted by Crippen LogP contribution is 2.41. The third kappa shape index (κ3) is 10.2. The summed E-state index contributed by atoms with van der Waals surface area (Å²) in [6.07, 6.45) is 3.78. The zero-order valence-electron chi connectivity index (χ0n) is 51.8. The van der Waals surface area contributed by atoms with Gasteiger partial charge >= 0.3 is 0 Å². The molecule has 0 saturated heterocycles. The lowest BCUT2D eigenvalue weighted by Crippen LogP contribution is -2.00. The van der Waals surface area contributed by atoms with Crippen LogP contribution in [0.1, 0.15) is 0 Å². The Kier molecular flexibility index (Phi) is 13.7. The lowest BCUT2D eigenvalue weighted by Gasteiger charge is -2.15. The Hall–Kier alpha value is -13.0. The Morgan fingerprint density at radius 1 is 0.156 bits per heavy atom. The van der Waals surface area contributed by atoms with Gasteiger partial charge in [0.1, 0.15) is 0 Å². The van der Waals surface area contributed by atoms with Crippen LogP contribution in [0.2, 0.25) is 0 Å². The van der Waals surface area contributed by atoms with Gasteiger partial charge < -0.3 is 0 Å². The van der Waals surface area contributed by atoms with Crippen LogP contribution < -0.4 is 0 Å². The summed E-state index contributed by atoms with van der Waals surface area (Å²) in [7, 11) is 0. The van der Waals surface area contributed by atoms with Crippen LogP contribution in [0, 0.1) is 0 Å². The smallest absolute Gasteiger partial charge is 0.164 e. The van der Waals surface area contributed by atoms with Crippen LogP contribution in [0.5, 0.6) is 0 Å². The summed E-state index contributed by atoms with van der Waals surface area (Å²) in [4.78, 5) is 40.8. The number of nitrogens with zero attached hydrogens (tertiary/aromatic N) is 8. The highest BCUT2D eigenvalue weighted by molar-refractivity contribution is 6.11. The summed E-state index contributed by atoms with van der Waals surface area (Å²) >= 11 is 0. The summed E-state index contributed by atoms with van der Waals surface area (Å²) in [6.45, 7) is 0. The molecule has 4 aromatic heterocycles. The molecule has 0 saturated carbocycles. The molecule has 0 amide bonds. The van der Waals surface area contributed by atoms with Crippen molar-refractivity contribution in [3.05, 3.63) is 328 Å². The SMILES string of the molecule is c1ccc2cc(-c3nc(-c4ccc(-c5cccc6c(-c7cccc8c(-c9ccc(-c%10nc(-c%11ccc(-c%12cccc%13ccccc%12%13)cc%11)nc(-c%11ccc(-c%12cccc%13cccnc%12%13)cc%11)n%10)cc9)cccc78)ccnc56)cc4)nc(-c4ccc5ccccc5c4)n3)ccc2c1. The number of fused-ring (bicyclic) bond motifs is 6. The fourth-order valence-electron chi connectivity index (χ4n) is 13.6. The largest absolute Gasteiger partial charge is 0.256 e. The molecular weight excluding hydrogens is 1170 g/mol. The van der Waals surface area contributed by atoms with E-state index in [0.717, 1.165) is 138 Å². The first-order valence-electron chi connectivity index (χ1n) is 32.2. The quantitative estimate of drug-likeness (QED) is 0.126. The molecule has 18 rings (SSSR count). The van der Waals surface area contributed by atoms with Crippen LogP contribution in [-0.2, 0) is 0 Å². The van der Waals surface area contributed by atoms with Crippen LogP contribution >= 0.6 is 0 Å². The molecule has 0 aliphatic rings. The molecule has 0 aliphatic carbocycles. The van der Waals surface area contributed by atoms with E-state index in [1.54, 1.807) is 0 Å². The second-order valence-electron chi connectivity index (χ2n) is 24.2. The van der Waals surface area contributed by atoms with Crippen molar-refractivity contribution in [1.82, 2.24) is 39.9 Å². The molecule has 18 aromatic rings. The topological polar surface area (TPSA) is 103 Å². The van der Waals surface area contributed by atoms with Gasteiger partial charge in [-0.3, -0.25) is 9.97 Å². The van der Waals surface area contributed by atoms with E-state index in [1.807, 2.05) is 18.5 Å². The molecule has 96 heavy (non-hydrogen) atoms. The zero-order valence-corrected chi connectivity index (χ0v) is 51.8. The molecule has 8 heteroatoms. The van der Waals surface area contributed by atoms with Crippen LogP contribution in [0.3, 0.4) is 0 Å². The van der Waals surface area contributed by atoms with Gasteiger partial charge in [-0.1, -0.05) is 291 Å². The van der Waals surface area contributed by atoms with E-state index in [2.05, 4.69) is 309 Å². The number of benzene rings is 14. The highest BCUT2D eigenvalue weighted by atomic mass is 15.0. The molecule has 14 aromatic carbocycles. The maximum absolute atomic E-state index is 5.21. The molecule has 4 heterocycles. The molecule has 0 atom stereocenters. The van der Waals surface area contributed by atoms with E-state index in [-0.39, 0.29) is 0 Å². The molecule has 0 fully saturated rings. The van der Waals surface area contributed by atoms with Crippen molar-refractivity contribution in [3.8, 4) is 124 Å². The summed E-state index contributed by atoms with van der Waals surface area (Å²) in [5.74, 6) is 3.60. The normalized spacial score (nSPS) is 11.5. The molecule has 446 valence electrons. The van der Waals surface area contributed by atoms with Crippen molar-refractivity contribution < 1.29 is 0 Å². The Balaban J connectivity index is 0.669. The molecule has 0 unspecified atom stereocenters. The molecule has 0 aliphatic heterocycles. The van der Waals surface area contributed by atoms with Crippen LogP contribution in [-0.4, -0.2) is 39.9 Å². The molecule has 8 nitrogen and oxygen atoms in total. The zero-order chi connectivity index (χ0) is 63.5. The number of hydrogen-bond acceptors (Lipinski definition) is 8. The maximum Gasteiger partial charge on any atom is 0.164 e. The van der Waals surface area contributed by atoms with Gasteiger partial charge in [-0.05, 0) is 112 Å². The molecule has 0 spiro atoms. The number of pyridine rings is 2. The van der Waals surface area contributed by atoms with Gasteiger partial charge in [-0.25, -0.2) is 29.9 Å². The van der Waals surface area contributed by atoms with E-state index >= 15 is 0 Å². The average molecular weight is 1220 g/mol. The van der Waals surface area contributed by atoms with E-state index in [0.29, 0.717) is 34.9 Å². The first-order chi connectivity index (χ1) is 47.5. The Labute approximate surface area is 553 Å². The monoisotopic (exact) mass is 1220 g/mol. The van der Waals surface area contributed by atoms with E-state index in [1.165, 1.54) is 16.3 Å². The van der Waals surface area contributed by atoms with E-state index in [9.17, 15) is 0 Å². The van der Waals surface area contributed by atoms with Crippen molar-refractivity contribution in [1.29, 1.82) is 0 Å². The molecular formula is C88H54N8. The lowest BCUT2D eigenvalue weighted by atomic mass is 9.90. The van der Waals surface area contributed by atoms with Gasteiger partial charge in [-0.15, -0.1) is 0 Å². The van der Waals surface area contributed by atoms with Crippen LogP contribution in [0.25, 0.3) is 189 Å². The minimum Gasteiger partial charge on any atom is -0.256 e. The van der Waals surface area contributed by atoms with Gasteiger partial charge in [0.15, 0.2) is 34.9 Å². The van der Waals surface area contributed by atoms with Gasteiger partial charge in [0.2, 0.25) is 0 Å². The van der Waals surface area contributed by atoms with Gasteiger partial charge in [0.05, 0.1) is 11.0 Å². The van der Waals surface area contributed by atoms with Gasteiger partial charge in [0.25, 0.3) is 0 Å².